The predicted molar refractivity (Wildman–Crippen MR) is 86.6 cm³/mol. The predicted octanol–water partition coefficient (Wildman–Crippen LogP) is 1.13. The Balaban J connectivity index is 1.57. The fourth-order valence-corrected chi connectivity index (χ4v) is 3.35. The van der Waals surface area contributed by atoms with Crippen molar-refractivity contribution in [3.63, 3.8) is 0 Å². The summed E-state index contributed by atoms with van der Waals surface area (Å²) in [7, 11) is 0. The fraction of sp³-hybridized carbons (Fsp3) is 0.588. The first-order valence-corrected chi connectivity index (χ1v) is 8.16. The van der Waals surface area contributed by atoms with Gasteiger partial charge in [-0.3, -0.25) is 9.69 Å². The number of ether oxygens (including phenoxy) is 1. The van der Waals surface area contributed by atoms with Gasteiger partial charge in [-0.2, -0.15) is 0 Å². The smallest absolute Gasteiger partial charge is 0.227 e. The molecule has 2 aliphatic rings. The standard InChI is InChI=1S/C17H25N3O2/c18-15-5-3-14(4-6-15)12-17(21)20-7-1-2-16(20)13-19-8-10-22-11-9-19/h3-6,16H,1-2,7-13,18H2. The molecule has 2 N–H and O–H groups in total. The van der Waals surface area contributed by atoms with Gasteiger partial charge in [0.2, 0.25) is 5.91 Å². The van der Waals surface area contributed by atoms with Crippen molar-refractivity contribution in [2.75, 3.05) is 45.1 Å². The minimum atomic E-state index is 0.237. The lowest BCUT2D eigenvalue weighted by Gasteiger charge is -2.33. The van der Waals surface area contributed by atoms with Gasteiger partial charge in [-0.05, 0) is 30.5 Å². The van der Waals surface area contributed by atoms with Crippen molar-refractivity contribution >= 4 is 11.6 Å². The number of likely N-dealkylation sites (tertiary alicyclic amines) is 1. The summed E-state index contributed by atoms with van der Waals surface area (Å²) in [5.74, 6) is 0.237. The molecule has 2 aliphatic heterocycles. The Hall–Kier alpha value is -1.59. The van der Waals surface area contributed by atoms with E-state index in [1.165, 1.54) is 0 Å². The summed E-state index contributed by atoms with van der Waals surface area (Å²) < 4.78 is 5.39. The number of amides is 1. The summed E-state index contributed by atoms with van der Waals surface area (Å²) in [6.07, 6.45) is 2.70. The molecule has 1 unspecified atom stereocenters. The first kappa shape index (κ1) is 15.3. The highest BCUT2D eigenvalue weighted by Gasteiger charge is 2.30. The lowest BCUT2D eigenvalue weighted by molar-refractivity contribution is -0.131. The third kappa shape index (κ3) is 3.78. The normalized spacial score (nSPS) is 22.9. The van der Waals surface area contributed by atoms with Crippen LogP contribution in [0.3, 0.4) is 0 Å². The van der Waals surface area contributed by atoms with Gasteiger partial charge in [0.05, 0.1) is 19.6 Å². The van der Waals surface area contributed by atoms with Gasteiger partial charge in [0, 0.05) is 37.9 Å². The Morgan fingerprint density at radius 1 is 1.18 bits per heavy atom. The van der Waals surface area contributed by atoms with Crippen LogP contribution in [0.4, 0.5) is 5.69 Å². The maximum atomic E-state index is 12.6. The number of rotatable bonds is 4. The van der Waals surface area contributed by atoms with Gasteiger partial charge in [0.25, 0.3) is 0 Å². The van der Waals surface area contributed by atoms with Gasteiger partial charge >= 0.3 is 0 Å². The van der Waals surface area contributed by atoms with Gasteiger partial charge in [0.15, 0.2) is 0 Å². The lowest BCUT2D eigenvalue weighted by Crippen LogP contribution is -2.47. The van der Waals surface area contributed by atoms with E-state index in [0.717, 1.165) is 63.5 Å². The number of anilines is 1. The van der Waals surface area contributed by atoms with Crippen LogP contribution >= 0.6 is 0 Å². The average molecular weight is 303 g/mol. The third-order valence-electron chi connectivity index (χ3n) is 4.61. The summed E-state index contributed by atoms with van der Waals surface area (Å²) in [4.78, 5) is 17.1. The van der Waals surface area contributed by atoms with Crippen LogP contribution in [0.1, 0.15) is 18.4 Å². The molecule has 3 rings (SSSR count). The highest BCUT2D eigenvalue weighted by atomic mass is 16.5. The SMILES string of the molecule is Nc1ccc(CC(=O)N2CCCC2CN2CCOCC2)cc1. The maximum Gasteiger partial charge on any atom is 0.227 e. The molecule has 2 saturated heterocycles. The molecule has 0 radical (unpaired) electrons. The fourth-order valence-electron chi connectivity index (χ4n) is 3.35. The van der Waals surface area contributed by atoms with Crippen LogP contribution < -0.4 is 5.73 Å². The molecule has 2 fully saturated rings. The Bertz CT molecular complexity index is 497. The molecule has 22 heavy (non-hydrogen) atoms. The summed E-state index contributed by atoms with van der Waals surface area (Å²) in [6, 6.07) is 7.97. The molecule has 0 aromatic heterocycles. The Morgan fingerprint density at radius 2 is 1.91 bits per heavy atom. The molecule has 5 nitrogen and oxygen atoms in total. The van der Waals surface area contributed by atoms with Crippen LogP contribution in [0.15, 0.2) is 24.3 Å². The van der Waals surface area contributed by atoms with Gasteiger partial charge in [0.1, 0.15) is 0 Å². The van der Waals surface area contributed by atoms with Gasteiger partial charge in [-0.25, -0.2) is 0 Å². The van der Waals surface area contributed by atoms with E-state index in [1.807, 2.05) is 24.3 Å². The van der Waals surface area contributed by atoms with Crippen molar-refractivity contribution in [2.24, 2.45) is 0 Å². The van der Waals surface area contributed by atoms with Gasteiger partial charge in [-0.15, -0.1) is 0 Å². The van der Waals surface area contributed by atoms with E-state index in [0.29, 0.717) is 12.5 Å². The molecule has 5 heteroatoms. The van der Waals surface area contributed by atoms with Crippen LogP contribution in [0.5, 0.6) is 0 Å². The monoisotopic (exact) mass is 303 g/mol. The number of nitrogen functional groups attached to an aromatic ring is 1. The molecule has 0 spiro atoms. The highest BCUT2D eigenvalue weighted by Crippen LogP contribution is 2.20. The number of nitrogens with zero attached hydrogens (tertiary/aromatic N) is 2. The zero-order valence-electron chi connectivity index (χ0n) is 13.0. The van der Waals surface area contributed by atoms with E-state index < -0.39 is 0 Å². The van der Waals surface area contributed by atoms with Gasteiger partial charge < -0.3 is 15.4 Å². The summed E-state index contributed by atoms with van der Waals surface area (Å²) in [6.45, 7) is 5.46. The molecule has 0 aliphatic carbocycles. The minimum Gasteiger partial charge on any atom is -0.399 e. The van der Waals surface area contributed by atoms with E-state index in [-0.39, 0.29) is 5.91 Å². The number of morpholine rings is 1. The zero-order valence-corrected chi connectivity index (χ0v) is 13.0. The summed E-state index contributed by atoms with van der Waals surface area (Å²) in [5.41, 5.74) is 7.47. The summed E-state index contributed by atoms with van der Waals surface area (Å²) in [5, 5.41) is 0. The third-order valence-corrected chi connectivity index (χ3v) is 4.61. The Kier molecular flexibility index (Phi) is 4.95. The molecule has 120 valence electrons. The molecular weight excluding hydrogens is 278 g/mol. The molecule has 1 amide bonds. The maximum absolute atomic E-state index is 12.6. The van der Waals surface area contributed by atoms with E-state index in [9.17, 15) is 4.79 Å². The molecule has 1 aromatic carbocycles. The van der Waals surface area contributed by atoms with Crippen molar-refractivity contribution in [2.45, 2.75) is 25.3 Å². The average Bonchev–Trinajstić information content (AvgIpc) is 2.99. The van der Waals surface area contributed by atoms with E-state index in [1.54, 1.807) is 0 Å². The van der Waals surface area contributed by atoms with Gasteiger partial charge in [-0.1, -0.05) is 12.1 Å². The number of carbonyl (C=O) groups is 1. The van der Waals surface area contributed by atoms with Crippen LogP contribution in [-0.4, -0.2) is 61.1 Å². The van der Waals surface area contributed by atoms with E-state index in [4.69, 9.17) is 10.5 Å². The quantitative estimate of drug-likeness (QED) is 0.847. The van der Waals surface area contributed by atoms with Crippen molar-refractivity contribution in [3.05, 3.63) is 29.8 Å². The molecule has 0 saturated carbocycles. The molecule has 1 atom stereocenters. The first-order valence-electron chi connectivity index (χ1n) is 8.16. The van der Waals surface area contributed by atoms with Crippen molar-refractivity contribution in [1.82, 2.24) is 9.80 Å². The minimum absolute atomic E-state index is 0.237. The zero-order chi connectivity index (χ0) is 15.4. The number of hydrogen-bond donors (Lipinski definition) is 1. The van der Waals surface area contributed by atoms with Crippen LogP contribution in [-0.2, 0) is 16.0 Å². The largest absolute Gasteiger partial charge is 0.399 e. The highest BCUT2D eigenvalue weighted by molar-refractivity contribution is 5.79. The number of hydrogen-bond acceptors (Lipinski definition) is 4. The second-order valence-electron chi connectivity index (χ2n) is 6.21. The molecule has 0 bridgehead atoms. The van der Waals surface area contributed by atoms with Crippen LogP contribution in [0, 0.1) is 0 Å². The number of carbonyl (C=O) groups excluding carboxylic acids is 1. The second-order valence-corrected chi connectivity index (χ2v) is 6.21. The summed E-state index contributed by atoms with van der Waals surface area (Å²) >= 11 is 0. The first-order chi connectivity index (χ1) is 10.7. The molecule has 2 heterocycles. The van der Waals surface area contributed by atoms with Crippen molar-refractivity contribution in [3.8, 4) is 0 Å². The number of benzene rings is 1. The van der Waals surface area contributed by atoms with Crippen LogP contribution in [0.25, 0.3) is 0 Å². The van der Waals surface area contributed by atoms with E-state index in [2.05, 4.69) is 9.80 Å². The molecular formula is C17H25N3O2. The van der Waals surface area contributed by atoms with Crippen molar-refractivity contribution in [1.29, 1.82) is 0 Å². The second kappa shape index (κ2) is 7.11. The number of nitrogens with two attached hydrogens (primary N) is 1. The Labute approximate surface area is 132 Å². The van der Waals surface area contributed by atoms with Crippen LogP contribution in [0.2, 0.25) is 0 Å². The Morgan fingerprint density at radius 3 is 2.64 bits per heavy atom. The van der Waals surface area contributed by atoms with E-state index >= 15 is 0 Å². The topological polar surface area (TPSA) is 58.8 Å². The van der Waals surface area contributed by atoms with Crippen molar-refractivity contribution < 1.29 is 9.53 Å². The lowest BCUT2D eigenvalue weighted by atomic mass is 10.1. The molecule has 1 aromatic rings.